The molecule has 26 nitrogen and oxygen atoms in total. The van der Waals surface area contributed by atoms with E-state index in [1.54, 1.807) is 118 Å². The fraction of sp³-hybridized carbons (Fsp3) is 0.507. The quantitative estimate of drug-likeness (QED) is 0.00882. The van der Waals surface area contributed by atoms with Crippen LogP contribution >= 0.6 is 23.4 Å². The van der Waals surface area contributed by atoms with Gasteiger partial charge in [-0.3, -0.25) is 38.4 Å². The van der Waals surface area contributed by atoms with Gasteiger partial charge in [0.1, 0.15) is 66.1 Å². The molecule has 0 unspecified atom stereocenters. The van der Waals surface area contributed by atoms with Crippen molar-refractivity contribution >= 4 is 88.8 Å². The number of ether oxygens (including phenoxy) is 5. The van der Waals surface area contributed by atoms with E-state index in [2.05, 4.69) is 47.9 Å². The Morgan fingerprint density at radius 2 is 1.17 bits per heavy atom. The predicted molar refractivity (Wildman–Crippen MR) is 370 cm³/mol. The number of para-hydroxylation sites is 2. The van der Waals surface area contributed by atoms with Gasteiger partial charge in [-0.1, -0.05) is 111 Å². The predicted octanol–water partition coefficient (Wildman–Crippen LogP) is 8.06. The summed E-state index contributed by atoms with van der Waals surface area (Å²) in [6.07, 6.45) is -0.292. The topological polar surface area (TPSA) is 362 Å². The van der Waals surface area contributed by atoms with Crippen LogP contribution in [0.2, 0.25) is 5.02 Å². The van der Waals surface area contributed by atoms with Crippen LogP contribution in [0, 0.1) is 5.92 Å². The minimum Gasteiger partial charge on any atom is -0.480 e. The van der Waals surface area contributed by atoms with Crippen molar-refractivity contribution in [3.8, 4) is 11.5 Å². The maximum Gasteiger partial charge on any atom is 0.408 e. The fourth-order valence-electron chi connectivity index (χ4n) is 10.8. The van der Waals surface area contributed by atoms with Gasteiger partial charge in [-0.15, -0.1) is 11.8 Å². The molecule has 1 heterocycles. The molecule has 6 rings (SSSR count). The van der Waals surface area contributed by atoms with Gasteiger partial charge < -0.3 is 76.6 Å². The van der Waals surface area contributed by atoms with Crippen molar-refractivity contribution < 1.29 is 81.5 Å². The maximum atomic E-state index is 15.1. The third-order valence-corrected chi connectivity index (χ3v) is 17.1. The van der Waals surface area contributed by atoms with Crippen LogP contribution in [0.1, 0.15) is 160 Å². The van der Waals surface area contributed by atoms with Crippen LogP contribution in [-0.4, -0.2) is 143 Å². The number of carboxylic acids is 1. The van der Waals surface area contributed by atoms with Crippen LogP contribution in [0.5, 0.6) is 11.5 Å². The molecule has 0 saturated heterocycles. The number of hydrogen-bond acceptors (Lipinski definition) is 17. The molecule has 0 aromatic heterocycles. The molecule has 10 N–H and O–H groups in total. The zero-order valence-corrected chi connectivity index (χ0v) is 58.7. The van der Waals surface area contributed by atoms with E-state index in [0.717, 1.165) is 36.6 Å². The normalized spacial score (nSPS) is 15.0. The summed E-state index contributed by atoms with van der Waals surface area (Å²) in [4.78, 5) is 152. The third kappa shape index (κ3) is 28.1. The summed E-state index contributed by atoms with van der Waals surface area (Å²) in [6, 6.07) is 19.9. The van der Waals surface area contributed by atoms with Crippen molar-refractivity contribution in [1.29, 1.82) is 0 Å². The van der Waals surface area contributed by atoms with Crippen molar-refractivity contribution in [3.63, 3.8) is 0 Å². The van der Waals surface area contributed by atoms with E-state index in [9.17, 15) is 43.5 Å². The largest absolute Gasteiger partial charge is 0.480 e. The first-order chi connectivity index (χ1) is 47.2. The summed E-state index contributed by atoms with van der Waals surface area (Å²) in [6.45, 7) is 11.4. The number of esters is 1. The number of halogens is 1. The summed E-state index contributed by atoms with van der Waals surface area (Å²) in [7, 11) is 0. The van der Waals surface area contributed by atoms with Gasteiger partial charge in [-0.05, 0) is 133 Å². The number of alkyl carbamates (subject to hydrolysis) is 2. The number of rotatable bonds is 37. The van der Waals surface area contributed by atoms with Crippen LogP contribution in [0.15, 0.2) is 103 Å². The highest BCUT2D eigenvalue weighted by Crippen LogP contribution is 2.42. The van der Waals surface area contributed by atoms with Crippen molar-refractivity contribution in [2.45, 2.75) is 205 Å². The number of nitrogens with one attached hydrogen (secondary N) is 9. The molecule has 9 amide bonds. The summed E-state index contributed by atoms with van der Waals surface area (Å²) in [5.41, 5.74) is 1.76. The summed E-state index contributed by atoms with van der Waals surface area (Å²) < 4.78 is 28.8. The average Bonchev–Trinajstić information content (AvgIpc) is 0.777. The van der Waals surface area contributed by atoms with E-state index in [0.29, 0.717) is 46.1 Å². The molecule has 0 spiro atoms. The second-order valence-corrected chi connectivity index (χ2v) is 27.2. The molecule has 1 aliphatic carbocycles. The molecule has 0 bridgehead atoms. The number of thioether (sulfide) groups is 1. The monoisotopic (exact) mass is 1410 g/mol. The Bertz CT molecular complexity index is 3330. The fourth-order valence-corrected chi connectivity index (χ4v) is 11.8. The number of carboxylic acid groups (broad SMARTS) is 1. The lowest BCUT2D eigenvalue weighted by atomic mass is 9.94. The van der Waals surface area contributed by atoms with Crippen LogP contribution in [-0.2, 0) is 75.3 Å². The van der Waals surface area contributed by atoms with Crippen LogP contribution in [0.3, 0.4) is 0 Å². The highest BCUT2D eigenvalue weighted by Gasteiger charge is 2.37. The van der Waals surface area contributed by atoms with Gasteiger partial charge >= 0.3 is 24.1 Å². The number of amides is 9. The standard InChI is InChI=1S/C71H94ClN9O17S/c1-43(2)38-55(79-70(93)98-71(5,6)7)65(87)81-61(44(3)94-39-46-20-10-8-11-21-46)67(89)76-52(26-18-19-37-73-69(92)95-40-47-29-31-48(72)32-30-47)63(85)78-56(41-99-42-74-45(4)82)66(88)75-53(64(86)77-54(68(90)91)34-36-60(84)96-49-22-12-9-13-23-49)33-35-59(83)80-62-50-24-14-16-27-57(50)97-58-28-17-15-25-51(58)62/h8,10-11,14-17,20-21,24-25,27-32,43-44,49,52-56,61-62H,9,12-13,18-19,22-23,26,33-42H2,1-7H3,(H,73,92)(H,74,82)(H,75,88)(H,76,89)(H,77,86)(H,78,85)(H,79,93)(H,80,83)(H,81,87)(H,90,91)/t44-,52+,53+,54+,55+,56+,61+/m1/s1. The summed E-state index contributed by atoms with van der Waals surface area (Å²) in [5, 5.41) is 35.1. The summed E-state index contributed by atoms with van der Waals surface area (Å²) in [5.74, 6) is -7.39. The first kappa shape index (κ1) is 79.0. The van der Waals surface area contributed by atoms with E-state index < -0.39 is 139 Å². The zero-order chi connectivity index (χ0) is 72.0. The second kappa shape index (κ2) is 40.2. The molecule has 1 saturated carbocycles. The average molecular weight is 1410 g/mol. The minimum atomic E-state index is -1.68. The molecule has 2 aliphatic rings. The van der Waals surface area contributed by atoms with Gasteiger partial charge in [0.25, 0.3) is 0 Å². The maximum absolute atomic E-state index is 15.1. The van der Waals surface area contributed by atoms with E-state index >= 15 is 14.4 Å². The number of carbonyl (C=O) groups excluding carboxylic acids is 10. The number of aliphatic carboxylic acids is 1. The molecule has 1 aliphatic heterocycles. The number of carbonyl (C=O) groups is 11. The van der Waals surface area contributed by atoms with Gasteiger partial charge in [-0.25, -0.2) is 14.4 Å². The Kier molecular flexibility index (Phi) is 32.1. The SMILES string of the molecule is CC(=O)NCSC[C@H](NC(=O)[C@H](CCCCNC(=O)OCc1ccc(Cl)cc1)NC(=O)[C@@H](NC(=O)[C@H](CC(C)C)NC(=O)OC(C)(C)C)[C@@H](C)OCc1ccccc1)C(=O)N[C@@H](CCC(=O)NC1c2ccccc2Oc2ccccc21)C(=O)N[C@@H](CCC(=O)OC1CCCCC1)C(=O)O. The molecule has 7 atom stereocenters. The Hall–Kier alpha value is -8.95. The Morgan fingerprint density at radius 1 is 0.606 bits per heavy atom. The van der Waals surface area contributed by atoms with Gasteiger partial charge in [0.2, 0.25) is 41.4 Å². The molecule has 1 fully saturated rings. The van der Waals surface area contributed by atoms with Crippen molar-refractivity contribution in [2.75, 3.05) is 18.2 Å². The molecular weight excluding hydrogens is 1320 g/mol. The van der Waals surface area contributed by atoms with Gasteiger partial charge in [0.05, 0.1) is 24.6 Å². The minimum absolute atomic E-state index is 0.0199. The Balaban J connectivity index is 1.29. The van der Waals surface area contributed by atoms with Crippen molar-refractivity contribution in [3.05, 3.63) is 130 Å². The molecule has 0 radical (unpaired) electrons. The lowest BCUT2D eigenvalue weighted by Gasteiger charge is -2.30. The Morgan fingerprint density at radius 3 is 1.80 bits per heavy atom. The molecular formula is C71H94ClN9O17S. The Labute approximate surface area is 586 Å². The highest BCUT2D eigenvalue weighted by molar-refractivity contribution is 7.99. The lowest BCUT2D eigenvalue weighted by Crippen LogP contribution is -2.61. The van der Waals surface area contributed by atoms with Crippen molar-refractivity contribution in [2.24, 2.45) is 5.92 Å². The number of fused-ring (bicyclic) bond motifs is 2. The molecule has 99 heavy (non-hydrogen) atoms. The zero-order valence-electron chi connectivity index (χ0n) is 57.1. The third-order valence-electron chi connectivity index (χ3n) is 15.9. The van der Waals surface area contributed by atoms with E-state index in [1.165, 1.54) is 13.8 Å². The molecule has 538 valence electrons. The molecule has 28 heteroatoms. The van der Waals surface area contributed by atoms with Gasteiger partial charge in [0, 0.05) is 48.2 Å². The van der Waals surface area contributed by atoms with Crippen molar-refractivity contribution in [1.82, 2.24) is 47.9 Å². The number of hydrogen-bond donors (Lipinski definition) is 10. The van der Waals surface area contributed by atoms with E-state index in [-0.39, 0.29) is 75.5 Å². The van der Waals surface area contributed by atoms with Gasteiger partial charge in [-0.2, -0.15) is 0 Å². The summed E-state index contributed by atoms with van der Waals surface area (Å²) >= 11 is 7.01. The highest BCUT2D eigenvalue weighted by atomic mass is 35.5. The smallest absolute Gasteiger partial charge is 0.408 e. The number of unbranched alkanes of at least 4 members (excludes halogenated alkanes) is 1. The van der Waals surface area contributed by atoms with Crippen LogP contribution in [0.4, 0.5) is 9.59 Å². The first-order valence-corrected chi connectivity index (χ1v) is 35.0. The lowest BCUT2D eigenvalue weighted by molar-refractivity contribution is -0.151. The van der Waals surface area contributed by atoms with E-state index in [4.69, 9.17) is 35.3 Å². The van der Waals surface area contributed by atoms with Crippen LogP contribution < -0.4 is 52.6 Å². The van der Waals surface area contributed by atoms with Gasteiger partial charge in [0.15, 0.2) is 0 Å². The first-order valence-electron chi connectivity index (χ1n) is 33.4. The van der Waals surface area contributed by atoms with E-state index in [1.807, 2.05) is 19.9 Å². The second-order valence-electron chi connectivity index (χ2n) is 25.8. The van der Waals surface area contributed by atoms with Crippen LogP contribution in [0.25, 0.3) is 0 Å². The molecule has 4 aromatic rings. The molecule has 4 aromatic carbocycles. The number of benzene rings is 4.